The minimum Gasteiger partial charge on any atom is -0.375 e. The molecule has 1 aliphatic rings. The van der Waals surface area contributed by atoms with E-state index in [2.05, 4.69) is 15.5 Å². The van der Waals surface area contributed by atoms with Gasteiger partial charge < -0.3 is 15.5 Å². The summed E-state index contributed by atoms with van der Waals surface area (Å²) >= 11 is 12.2. The summed E-state index contributed by atoms with van der Waals surface area (Å²) in [6.07, 6.45) is 0.718. The first-order valence-electron chi connectivity index (χ1n) is 9.85. The van der Waals surface area contributed by atoms with E-state index in [0.717, 1.165) is 23.6 Å². The molecule has 0 aliphatic carbocycles. The lowest BCUT2D eigenvalue weighted by atomic mass is 9.92. The van der Waals surface area contributed by atoms with E-state index in [1.807, 2.05) is 37.4 Å². The number of carbonyl (C=O) groups excluding carboxylic acids is 3. The molecule has 0 radical (unpaired) electrons. The van der Waals surface area contributed by atoms with E-state index in [-0.39, 0.29) is 11.6 Å². The van der Waals surface area contributed by atoms with Crippen molar-refractivity contribution in [3.63, 3.8) is 0 Å². The summed E-state index contributed by atoms with van der Waals surface area (Å²) in [6, 6.07) is 14.0. The third-order valence-electron chi connectivity index (χ3n) is 5.24. The lowest BCUT2D eigenvalue weighted by molar-refractivity contribution is -0.134. The van der Waals surface area contributed by atoms with E-state index in [0.29, 0.717) is 17.1 Å². The van der Waals surface area contributed by atoms with Crippen molar-refractivity contribution in [3.05, 3.63) is 64.1 Å². The van der Waals surface area contributed by atoms with Crippen LogP contribution in [0, 0.1) is 0 Å². The van der Waals surface area contributed by atoms with E-state index in [1.54, 1.807) is 19.1 Å². The summed E-state index contributed by atoms with van der Waals surface area (Å²) in [6.45, 7) is 2.38. The minimum atomic E-state index is -1.36. The summed E-state index contributed by atoms with van der Waals surface area (Å²) in [5.74, 6) is -0.946. The number of rotatable bonds is 8. The maximum Gasteiger partial charge on any atom is 0.325 e. The zero-order valence-electron chi connectivity index (χ0n) is 17.3. The Bertz CT molecular complexity index is 986. The maximum atomic E-state index is 13.0. The number of hydrogen-bond donors (Lipinski definition) is 2. The van der Waals surface area contributed by atoms with Gasteiger partial charge in [-0.1, -0.05) is 47.5 Å². The molecule has 9 heteroatoms. The molecule has 3 rings (SSSR count). The number of carbonyl (C=O) groups is 3. The highest BCUT2D eigenvalue weighted by Gasteiger charge is 2.50. The van der Waals surface area contributed by atoms with Gasteiger partial charge in [-0.2, -0.15) is 0 Å². The van der Waals surface area contributed by atoms with Gasteiger partial charge in [0.05, 0.1) is 0 Å². The summed E-state index contributed by atoms with van der Waals surface area (Å²) in [7, 11) is 1.98. The highest BCUT2D eigenvalue weighted by Crippen LogP contribution is 2.34. The minimum absolute atomic E-state index is 0.262. The van der Waals surface area contributed by atoms with Gasteiger partial charge in [0, 0.05) is 41.4 Å². The number of para-hydroxylation sites is 1. The fraction of sp³-hybridized carbons (Fsp3) is 0.318. The lowest BCUT2D eigenvalue weighted by Gasteiger charge is -2.23. The van der Waals surface area contributed by atoms with E-state index in [1.165, 1.54) is 6.07 Å². The Balaban J connectivity index is 1.53. The zero-order valence-corrected chi connectivity index (χ0v) is 18.8. The predicted octanol–water partition coefficient (Wildman–Crippen LogP) is 3.40. The van der Waals surface area contributed by atoms with Gasteiger partial charge in [0.2, 0.25) is 5.91 Å². The molecule has 1 atom stereocenters. The van der Waals surface area contributed by atoms with Crippen LogP contribution >= 0.6 is 23.2 Å². The van der Waals surface area contributed by atoms with Crippen LogP contribution in [-0.2, 0) is 15.1 Å². The summed E-state index contributed by atoms with van der Waals surface area (Å²) in [4.78, 5) is 40.7. The van der Waals surface area contributed by atoms with Crippen LogP contribution in [0.3, 0.4) is 0 Å². The fourth-order valence-electron chi connectivity index (χ4n) is 3.47. The molecule has 4 amide bonds. The van der Waals surface area contributed by atoms with Gasteiger partial charge in [-0.05, 0) is 37.6 Å². The van der Waals surface area contributed by atoms with Crippen LogP contribution < -0.4 is 15.5 Å². The molecule has 164 valence electrons. The van der Waals surface area contributed by atoms with Crippen LogP contribution in [0.1, 0.15) is 18.9 Å². The second-order valence-corrected chi connectivity index (χ2v) is 8.37. The Morgan fingerprint density at radius 1 is 1.16 bits per heavy atom. The lowest BCUT2D eigenvalue weighted by Crippen LogP contribution is -2.43. The van der Waals surface area contributed by atoms with Gasteiger partial charge in [0.1, 0.15) is 12.1 Å². The second kappa shape index (κ2) is 9.58. The van der Waals surface area contributed by atoms with Crippen molar-refractivity contribution in [2.75, 3.05) is 31.6 Å². The molecule has 0 aromatic heterocycles. The molecule has 0 spiro atoms. The molecule has 31 heavy (non-hydrogen) atoms. The number of nitrogens with zero attached hydrogens (tertiary/aromatic N) is 2. The number of hydrogen-bond acceptors (Lipinski definition) is 4. The molecule has 1 saturated heterocycles. The Kier molecular flexibility index (Phi) is 7.08. The first-order valence-corrected chi connectivity index (χ1v) is 10.6. The number of amides is 4. The van der Waals surface area contributed by atoms with Crippen LogP contribution in [0.5, 0.6) is 0 Å². The number of anilines is 1. The van der Waals surface area contributed by atoms with Crippen molar-refractivity contribution >= 4 is 46.7 Å². The Morgan fingerprint density at radius 2 is 1.87 bits per heavy atom. The number of nitrogens with one attached hydrogen (secondary N) is 2. The van der Waals surface area contributed by atoms with Gasteiger partial charge in [-0.15, -0.1) is 0 Å². The van der Waals surface area contributed by atoms with Crippen molar-refractivity contribution in [3.8, 4) is 0 Å². The third-order valence-corrected chi connectivity index (χ3v) is 5.78. The van der Waals surface area contributed by atoms with E-state index in [4.69, 9.17) is 23.2 Å². The average Bonchev–Trinajstić information content (AvgIpc) is 2.95. The predicted molar refractivity (Wildman–Crippen MR) is 121 cm³/mol. The van der Waals surface area contributed by atoms with Crippen LogP contribution in [0.2, 0.25) is 10.0 Å². The van der Waals surface area contributed by atoms with Gasteiger partial charge in [0.15, 0.2) is 0 Å². The van der Waals surface area contributed by atoms with Crippen LogP contribution in [-0.4, -0.2) is 49.4 Å². The number of imide groups is 1. The molecule has 1 aliphatic heterocycles. The van der Waals surface area contributed by atoms with Gasteiger partial charge in [-0.3, -0.25) is 14.5 Å². The third kappa shape index (κ3) is 5.11. The van der Waals surface area contributed by atoms with Crippen LogP contribution in [0.4, 0.5) is 10.5 Å². The first-order chi connectivity index (χ1) is 14.7. The molecule has 7 nitrogen and oxygen atoms in total. The smallest absolute Gasteiger partial charge is 0.325 e. The van der Waals surface area contributed by atoms with Gasteiger partial charge in [-0.25, -0.2) is 4.79 Å². The number of benzene rings is 2. The highest BCUT2D eigenvalue weighted by atomic mass is 35.5. The molecular formula is C22H24Cl2N4O3. The van der Waals surface area contributed by atoms with Crippen molar-refractivity contribution in [2.45, 2.75) is 18.9 Å². The van der Waals surface area contributed by atoms with Crippen molar-refractivity contribution in [2.24, 2.45) is 0 Å². The molecule has 1 unspecified atom stereocenters. The van der Waals surface area contributed by atoms with Crippen molar-refractivity contribution in [1.82, 2.24) is 15.5 Å². The summed E-state index contributed by atoms with van der Waals surface area (Å²) < 4.78 is 0. The molecule has 1 fully saturated rings. The van der Waals surface area contributed by atoms with Crippen molar-refractivity contribution in [1.29, 1.82) is 0 Å². The largest absolute Gasteiger partial charge is 0.375 e. The maximum absolute atomic E-state index is 13.0. The first kappa shape index (κ1) is 22.9. The highest BCUT2D eigenvalue weighted by molar-refractivity contribution is 6.35. The topological polar surface area (TPSA) is 81.8 Å². The standard InChI is InChI=1S/C22H24Cl2N4O3/c1-22(17-10-9-15(23)13-18(17)24)20(30)28(21(31)26-22)14-19(29)25-11-6-12-27(2)16-7-4-3-5-8-16/h3-5,7-10,13H,6,11-12,14H2,1-2H3,(H,25,29)(H,26,31). The van der Waals surface area contributed by atoms with E-state index >= 15 is 0 Å². The zero-order chi connectivity index (χ0) is 22.6. The normalized spacial score (nSPS) is 18.1. The molecule has 0 saturated carbocycles. The Morgan fingerprint density at radius 3 is 2.55 bits per heavy atom. The number of urea groups is 1. The van der Waals surface area contributed by atoms with E-state index < -0.39 is 23.4 Å². The number of halogens is 2. The van der Waals surface area contributed by atoms with E-state index in [9.17, 15) is 14.4 Å². The molecule has 2 aromatic rings. The molecule has 2 N–H and O–H groups in total. The Hall–Kier alpha value is -2.77. The van der Waals surface area contributed by atoms with Crippen LogP contribution in [0.25, 0.3) is 0 Å². The molecular weight excluding hydrogens is 439 g/mol. The average molecular weight is 463 g/mol. The SMILES string of the molecule is CN(CCCNC(=O)CN1C(=O)NC(C)(c2ccc(Cl)cc2Cl)C1=O)c1ccccc1. The van der Waals surface area contributed by atoms with Crippen LogP contribution in [0.15, 0.2) is 48.5 Å². The second-order valence-electron chi connectivity index (χ2n) is 7.53. The quantitative estimate of drug-likeness (QED) is 0.465. The van der Waals surface area contributed by atoms with Gasteiger partial charge >= 0.3 is 6.03 Å². The summed E-state index contributed by atoms with van der Waals surface area (Å²) in [5.41, 5.74) is 0.148. The van der Waals surface area contributed by atoms with Gasteiger partial charge in [0.25, 0.3) is 5.91 Å². The Labute approximate surface area is 191 Å². The fourth-order valence-corrected chi connectivity index (χ4v) is 4.07. The van der Waals surface area contributed by atoms with Crippen molar-refractivity contribution < 1.29 is 14.4 Å². The molecule has 1 heterocycles. The monoisotopic (exact) mass is 462 g/mol. The summed E-state index contributed by atoms with van der Waals surface area (Å²) in [5, 5.41) is 6.08. The molecule has 2 aromatic carbocycles. The molecule has 0 bridgehead atoms.